The topological polar surface area (TPSA) is 24.1 Å². The van der Waals surface area contributed by atoms with E-state index in [4.69, 9.17) is 0 Å². The average molecular weight is 254 g/mol. The molecule has 0 spiro atoms. The molecular weight excluding hydrogens is 220 g/mol. The lowest BCUT2D eigenvalue weighted by atomic mass is 9.91. The minimum Gasteiger partial charge on any atom is -0.316 e. The molecule has 1 rings (SSSR count). The Labute approximate surface area is 114 Å². The highest BCUT2D eigenvalue weighted by atomic mass is 14.9. The van der Waals surface area contributed by atoms with Crippen molar-refractivity contribution < 1.29 is 0 Å². The van der Waals surface area contributed by atoms with Crippen LogP contribution in [-0.4, -0.2) is 25.2 Å². The van der Waals surface area contributed by atoms with Crippen molar-refractivity contribution in [3.63, 3.8) is 0 Å². The van der Waals surface area contributed by atoms with Gasteiger partial charge in [-0.15, -0.1) is 0 Å². The Morgan fingerprint density at radius 3 is 2.11 bits per heavy atom. The highest BCUT2D eigenvalue weighted by Gasteiger charge is 2.11. The molecule has 2 N–H and O–H groups in total. The molecule has 2 nitrogen and oxygen atoms in total. The number of hydrogen-bond acceptors (Lipinski definition) is 2. The maximum Gasteiger partial charge on any atom is 0.00965 e. The molecule has 1 fully saturated rings. The van der Waals surface area contributed by atoms with E-state index < -0.39 is 0 Å². The van der Waals surface area contributed by atoms with Gasteiger partial charge in [0.25, 0.3) is 0 Å². The van der Waals surface area contributed by atoms with Crippen molar-refractivity contribution in [2.45, 2.75) is 77.7 Å². The van der Waals surface area contributed by atoms with E-state index >= 15 is 0 Å². The van der Waals surface area contributed by atoms with Gasteiger partial charge in [0.2, 0.25) is 0 Å². The van der Waals surface area contributed by atoms with E-state index in [1.54, 1.807) is 0 Å². The first-order valence-corrected chi connectivity index (χ1v) is 8.04. The minimum absolute atomic E-state index is 0.263. The van der Waals surface area contributed by atoms with E-state index in [2.05, 4.69) is 31.4 Å². The monoisotopic (exact) mass is 254 g/mol. The van der Waals surface area contributed by atoms with Gasteiger partial charge >= 0.3 is 0 Å². The zero-order valence-corrected chi connectivity index (χ0v) is 12.9. The molecular formula is C16H34N2. The zero-order valence-electron chi connectivity index (χ0n) is 12.9. The van der Waals surface area contributed by atoms with Gasteiger partial charge in [-0.1, -0.05) is 32.1 Å². The third-order valence-corrected chi connectivity index (χ3v) is 3.84. The van der Waals surface area contributed by atoms with Crippen LogP contribution < -0.4 is 10.6 Å². The molecule has 0 aromatic heterocycles. The zero-order chi connectivity index (χ0) is 13.3. The van der Waals surface area contributed by atoms with Crippen LogP contribution in [0.1, 0.15) is 72.1 Å². The van der Waals surface area contributed by atoms with Crippen LogP contribution in [0.25, 0.3) is 0 Å². The summed E-state index contributed by atoms with van der Waals surface area (Å²) in [5.41, 5.74) is 0.263. The fraction of sp³-hybridized carbons (Fsp3) is 1.00. The summed E-state index contributed by atoms with van der Waals surface area (Å²) in [4.78, 5) is 0. The van der Waals surface area contributed by atoms with Crippen molar-refractivity contribution in [3.8, 4) is 0 Å². The van der Waals surface area contributed by atoms with Crippen LogP contribution in [0.3, 0.4) is 0 Å². The van der Waals surface area contributed by atoms with Gasteiger partial charge in [0.1, 0.15) is 0 Å². The summed E-state index contributed by atoms with van der Waals surface area (Å²) in [6, 6.07) is 0. The fourth-order valence-corrected chi connectivity index (χ4v) is 2.73. The fourth-order valence-electron chi connectivity index (χ4n) is 2.73. The molecule has 0 heterocycles. The van der Waals surface area contributed by atoms with E-state index in [1.807, 2.05) is 0 Å². The van der Waals surface area contributed by atoms with Gasteiger partial charge in [0.15, 0.2) is 0 Å². The number of rotatable bonds is 6. The first-order chi connectivity index (χ1) is 8.58. The second-order valence-corrected chi connectivity index (χ2v) is 6.95. The van der Waals surface area contributed by atoms with Crippen LogP contribution in [0.15, 0.2) is 0 Å². The molecule has 108 valence electrons. The summed E-state index contributed by atoms with van der Waals surface area (Å²) in [6.07, 6.45) is 11.5. The smallest absolute Gasteiger partial charge is 0.00965 e. The lowest BCUT2D eigenvalue weighted by Crippen LogP contribution is -2.37. The van der Waals surface area contributed by atoms with E-state index in [9.17, 15) is 0 Å². The quantitative estimate of drug-likeness (QED) is 0.706. The highest BCUT2D eigenvalue weighted by Crippen LogP contribution is 2.21. The van der Waals surface area contributed by atoms with Crippen molar-refractivity contribution >= 4 is 0 Å². The lowest BCUT2D eigenvalue weighted by molar-refractivity contribution is 0.357. The molecule has 0 aliphatic heterocycles. The SMILES string of the molecule is CC(C)(C)NCCCNCC1CCCCCCC1. The van der Waals surface area contributed by atoms with E-state index in [0.29, 0.717) is 0 Å². The van der Waals surface area contributed by atoms with Crippen molar-refractivity contribution in [3.05, 3.63) is 0 Å². The molecule has 0 amide bonds. The van der Waals surface area contributed by atoms with E-state index in [-0.39, 0.29) is 5.54 Å². The molecule has 0 aromatic rings. The number of nitrogens with one attached hydrogen (secondary N) is 2. The second kappa shape index (κ2) is 8.92. The Morgan fingerprint density at radius 1 is 0.889 bits per heavy atom. The maximum absolute atomic E-state index is 3.65. The van der Waals surface area contributed by atoms with Crippen molar-refractivity contribution in [1.82, 2.24) is 10.6 Å². The van der Waals surface area contributed by atoms with Gasteiger partial charge in [0.05, 0.1) is 0 Å². The van der Waals surface area contributed by atoms with E-state index in [1.165, 1.54) is 64.5 Å². The molecule has 1 saturated carbocycles. The predicted molar refractivity (Wildman–Crippen MR) is 81.1 cm³/mol. The Kier molecular flexibility index (Phi) is 7.92. The first-order valence-electron chi connectivity index (χ1n) is 8.04. The van der Waals surface area contributed by atoms with Crippen LogP contribution in [-0.2, 0) is 0 Å². The summed E-state index contributed by atoms with van der Waals surface area (Å²) in [5, 5.41) is 7.19. The van der Waals surface area contributed by atoms with E-state index in [0.717, 1.165) is 12.5 Å². The van der Waals surface area contributed by atoms with Crippen LogP contribution in [0.5, 0.6) is 0 Å². The van der Waals surface area contributed by atoms with Crippen molar-refractivity contribution in [2.24, 2.45) is 5.92 Å². The Balaban J connectivity index is 1.96. The maximum atomic E-state index is 3.65. The largest absolute Gasteiger partial charge is 0.316 e. The molecule has 18 heavy (non-hydrogen) atoms. The van der Waals surface area contributed by atoms with Gasteiger partial charge in [-0.2, -0.15) is 0 Å². The molecule has 1 aliphatic carbocycles. The van der Waals surface area contributed by atoms with Gasteiger partial charge in [0, 0.05) is 5.54 Å². The van der Waals surface area contributed by atoms with Crippen molar-refractivity contribution in [2.75, 3.05) is 19.6 Å². The first kappa shape index (κ1) is 16.0. The molecule has 0 atom stereocenters. The molecule has 0 saturated heterocycles. The van der Waals surface area contributed by atoms with Gasteiger partial charge < -0.3 is 10.6 Å². The van der Waals surface area contributed by atoms with Crippen LogP contribution in [0, 0.1) is 5.92 Å². The summed E-state index contributed by atoms with van der Waals surface area (Å²) in [7, 11) is 0. The van der Waals surface area contributed by atoms with Crippen LogP contribution in [0.4, 0.5) is 0 Å². The summed E-state index contributed by atoms with van der Waals surface area (Å²) >= 11 is 0. The standard InChI is InChI=1S/C16H34N2/c1-16(2,3)18-13-9-12-17-14-15-10-7-5-4-6-8-11-15/h15,17-18H,4-14H2,1-3H3. The van der Waals surface area contributed by atoms with Crippen LogP contribution >= 0.6 is 0 Å². The van der Waals surface area contributed by atoms with Crippen molar-refractivity contribution in [1.29, 1.82) is 0 Å². The Bertz CT molecular complexity index is 188. The lowest BCUT2D eigenvalue weighted by Gasteiger charge is -2.22. The average Bonchev–Trinajstić information content (AvgIpc) is 2.23. The summed E-state index contributed by atoms with van der Waals surface area (Å²) in [6.45, 7) is 10.2. The van der Waals surface area contributed by atoms with Gasteiger partial charge in [-0.3, -0.25) is 0 Å². The Morgan fingerprint density at radius 2 is 1.50 bits per heavy atom. The molecule has 2 heteroatoms. The normalized spacial score (nSPS) is 19.5. The molecule has 0 aromatic carbocycles. The highest BCUT2D eigenvalue weighted by molar-refractivity contribution is 4.70. The minimum atomic E-state index is 0.263. The number of hydrogen-bond donors (Lipinski definition) is 2. The molecule has 0 bridgehead atoms. The van der Waals surface area contributed by atoms with Gasteiger partial charge in [-0.25, -0.2) is 0 Å². The summed E-state index contributed by atoms with van der Waals surface area (Å²) < 4.78 is 0. The van der Waals surface area contributed by atoms with Crippen LogP contribution in [0.2, 0.25) is 0 Å². The Hall–Kier alpha value is -0.0800. The third-order valence-electron chi connectivity index (χ3n) is 3.84. The molecule has 0 unspecified atom stereocenters. The molecule has 0 radical (unpaired) electrons. The predicted octanol–water partition coefficient (Wildman–Crippen LogP) is 3.71. The third kappa shape index (κ3) is 8.93. The second-order valence-electron chi connectivity index (χ2n) is 6.95. The summed E-state index contributed by atoms with van der Waals surface area (Å²) in [5.74, 6) is 0.945. The van der Waals surface area contributed by atoms with Gasteiger partial charge in [-0.05, 0) is 65.6 Å². The molecule has 1 aliphatic rings.